The van der Waals surface area contributed by atoms with E-state index in [2.05, 4.69) is 4.90 Å². The van der Waals surface area contributed by atoms with Crippen molar-refractivity contribution in [3.63, 3.8) is 0 Å². The van der Waals surface area contributed by atoms with Gasteiger partial charge in [0.05, 0.1) is 5.56 Å². The summed E-state index contributed by atoms with van der Waals surface area (Å²) in [4.78, 5) is 17.2. The third-order valence-corrected chi connectivity index (χ3v) is 5.22. The number of aryl methyl sites for hydroxylation is 1. The van der Waals surface area contributed by atoms with Gasteiger partial charge >= 0.3 is 0 Å². The second-order valence-electron chi connectivity index (χ2n) is 6.62. The summed E-state index contributed by atoms with van der Waals surface area (Å²) in [6.07, 6.45) is 0.662. The van der Waals surface area contributed by atoms with Crippen molar-refractivity contribution in [2.75, 3.05) is 33.3 Å². The molecule has 130 valence electrons. The van der Waals surface area contributed by atoms with E-state index in [1.165, 1.54) is 0 Å². The maximum absolute atomic E-state index is 13.2. The van der Waals surface area contributed by atoms with Gasteiger partial charge in [-0.3, -0.25) is 9.69 Å². The van der Waals surface area contributed by atoms with Crippen LogP contribution in [-0.2, 0) is 7.05 Å². The molecule has 1 atom stereocenters. The minimum Gasteiger partial charge on any atom is -0.508 e. The molecule has 6 heteroatoms. The minimum absolute atomic E-state index is 0.000241. The number of hydrogen-bond acceptors (Lipinski definition) is 4. The van der Waals surface area contributed by atoms with Crippen LogP contribution in [0.5, 0.6) is 5.75 Å². The number of carbonyl (C=O) groups excluding carboxylic acids is 1. The second kappa shape index (κ2) is 6.45. The van der Waals surface area contributed by atoms with E-state index in [9.17, 15) is 15.0 Å². The van der Waals surface area contributed by atoms with Crippen LogP contribution >= 0.6 is 0 Å². The lowest BCUT2D eigenvalue weighted by atomic mass is 10.1. The predicted molar refractivity (Wildman–Crippen MR) is 93.3 cm³/mol. The van der Waals surface area contributed by atoms with Gasteiger partial charge in [0, 0.05) is 55.9 Å². The SMILES string of the molecule is Cc1c(C(=O)N2CCN(C)[C@@H](CCO)C2)c2cc(O)ccc2n1C. The van der Waals surface area contributed by atoms with Gasteiger partial charge < -0.3 is 19.7 Å². The summed E-state index contributed by atoms with van der Waals surface area (Å²) in [5.41, 5.74) is 2.50. The Bertz CT molecular complexity index is 768. The first-order valence-corrected chi connectivity index (χ1v) is 8.32. The first-order chi connectivity index (χ1) is 11.4. The zero-order chi connectivity index (χ0) is 17.4. The number of carbonyl (C=O) groups is 1. The number of rotatable bonds is 3. The van der Waals surface area contributed by atoms with Crippen LogP contribution in [0.3, 0.4) is 0 Å². The van der Waals surface area contributed by atoms with Gasteiger partial charge in [-0.2, -0.15) is 0 Å². The first kappa shape index (κ1) is 16.8. The Labute approximate surface area is 141 Å². The number of fused-ring (bicyclic) bond motifs is 1. The van der Waals surface area contributed by atoms with Crippen molar-refractivity contribution >= 4 is 16.8 Å². The normalized spacial score (nSPS) is 19.2. The van der Waals surface area contributed by atoms with Gasteiger partial charge in [-0.05, 0) is 38.6 Å². The Hall–Kier alpha value is -2.05. The van der Waals surface area contributed by atoms with Gasteiger partial charge in [0.1, 0.15) is 5.75 Å². The fourth-order valence-corrected chi connectivity index (χ4v) is 3.58. The van der Waals surface area contributed by atoms with Crippen LogP contribution in [-0.4, -0.2) is 69.8 Å². The molecule has 2 aromatic rings. The predicted octanol–water partition coefficient (Wildman–Crippen LogP) is 1.33. The summed E-state index contributed by atoms with van der Waals surface area (Å²) < 4.78 is 1.99. The van der Waals surface area contributed by atoms with E-state index < -0.39 is 0 Å². The van der Waals surface area contributed by atoms with Crippen LogP contribution in [0.15, 0.2) is 18.2 Å². The molecule has 1 amide bonds. The lowest BCUT2D eigenvalue weighted by molar-refractivity contribution is 0.0501. The minimum atomic E-state index is -0.000241. The van der Waals surface area contributed by atoms with Crippen LogP contribution in [0, 0.1) is 6.92 Å². The number of hydrogen-bond donors (Lipinski definition) is 2. The summed E-state index contributed by atoms with van der Waals surface area (Å²) >= 11 is 0. The molecule has 0 saturated carbocycles. The van der Waals surface area contributed by atoms with E-state index in [0.29, 0.717) is 25.1 Å². The highest BCUT2D eigenvalue weighted by Gasteiger charge is 2.30. The summed E-state index contributed by atoms with van der Waals surface area (Å²) in [6.45, 7) is 4.14. The zero-order valence-electron chi connectivity index (χ0n) is 14.5. The van der Waals surface area contributed by atoms with Crippen molar-refractivity contribution in [1.29, 1.82) is 0 Å². The number of benzene rings is 1. The number of nitrogens with zero attached hydrogens (tertiary/aromatic N) is 3. The molecule has 1 aromatic heterocycles. The largest absolute Gasteiger partial charge is 0.508 e. The first-order valence-electron chi connectivity index (χ1n) is 8.32. The molecule has 1 fully saturated rings. The van der Waals surface area contributed by atoms with Crippen molar-refractivity contribution in [2.45, 2.75) is 19.4 Å². The molecule has 2 N–H and O–H groups in total. The average Bonchev–Trinajstić information content (AvgIpc) is 2.80. The maximum atomic E-state index is 13.2. The molecule has 0 unspecified atom stereocenters. The van der Waals surface area contributed by atoms with Crippen LogP contribution < -0.4 is 0 Å². The number of likely N-dealkylation sites (N-methyl/N-ethyl adjacent to an activating group) is 1. The molecule has 0 bridgehead atoms. The Balaban J connectivity index is 1.97. The average molecular weight is 331 g/mol. The van der Waals surface area contributed by atoms with E-state index in [4.69, 9.17) is 0 Å². The highest BCUT2D eigenvalue weighted by molar-refractivity contribution is 6.08. The van der Waals surface area contributed by atoms with Gasteiger partial charge in [0.15, 0.2) is 0 Å². The number of piperazine rings is 1. The monoisotopic (exact) mass is 331 g/mol. The highest BCUT2D eigenvalue weighted by Crippen LogP contribution is 2.29. The molecule has 0 aliphatic carbocycles. The highest BCUT2D eigenvalue weighted by atomic mass is 16.3. The Morgan fingerprint density at radius 2 is 2.04 bits per heavy atom. The van der Waals surface area contributed by atoms with Gasteiger partial charge in [-0.1, -0.05) is 0 Å². The Morgan fingerprint density at radius 3 is 2.75 bits per heavy atom. The Kier molecular flexibility index (Phi) is 4.51. The quantitative estimate of drug-likeness (QED) is 0.890. The second-order valence-corrected chi connectivity index (χ2v) is 6.62. The smallest absolute Gasteiger partial charge is 0.256 e. The third-order valence-electron chi connectivity index (χ3n) is 5.22. The molecule has 1 aliphatic rings. The molecule has 2 heterocycles. The van der Waals surface area contributed by atoms with Crippen LogP contribution in [0.25, 0.3) is 10.9 Å². The van der Waals surface area contributed by atoms with Crippen molar-refractivity contribution in [3.05, 3.63) is 29.5 Å². The van der Waals surface area contributed by atoms with E-state index >= 15 is 0 Å². The fourth-order valence-electron chi connectivity index (χ4n) is 3.58. The van der Waals surface area contributed by atoms with E-state index in [1.807, 2.05) is 36.6 Å². The van der Waals surface area contributed by atoms with Crippen molar-refractivity contribution < 1.29 is 15.0 Å². The lowest BCUT2D eigenvalue weighted by Crippen LogP contribution is -2.53. The van der Waals surface area contributed by atoms with Crippen molar-refractivity contribution in [2.24, 2.45) is 7.05 Å². The topological polar surface area (TPSA) is 68.9 Å². The number of aliphatic hydroxyl groups is 1. The van der Waals surface area contributed by atoms with E-state index in [1.54, 1.807) is 12.1 Å². The van der Waals surface area contributed by atoms with Gasteiger partial charge in [0.2, 0.25) is 0 Å². The standard InChI is InChI=1S/C18H25N3O3/c1-12-17(15-10-14(23)4-5-16(15)20(12)3)18(24)21-8-7-19(2)13(11-21)6-9-22/h4-5,10,13,22-23H,6-9,11H2,1-3H3/t13-/m0/s1. The summed E-state index contributed by atoms with van der Waals surface area (Å²) in [6, 6.07) is 5.32. The number of aromatic hydroxyl groups is 1. The van der Waals surface area contributed by atoms with Crippen LogP contribution in [0.2, 0.25) is 0 Å². The van der Waals surface area contributed by atoms with Crippen molar-refractivity contribution in [1.82, 2.24) is 14.4 Å². The molecule has 1 saturated heterocycles. The molecule has 0 spiro atoms. The van der Waals surface area contributed by atoms with Crippen LogP contribution in [0.4, 0.5) is 0 Å². The van der Waals surface area contributed by atoms with E-state index in [-0.39, 0.29) is 24.3 Å². The number of phenols is 1. The fraction of sp³-hybridized carbons (Fsp3) is 0.500. The van der Waals surface area contributed by atoms with Crippen molar-refractivity contribution in [3.8, 4) is 5.75 Å². The summed E-state index contributed by atoms with van der Waals surface area (Å²) in [7, 11) is 3.97. The Morgan fingerprint density at radius 1 is 1.29 bits per heavy atom. The number of aliphatic hydroxyl groups excluding tert-OH is 1. The molecule has 1 aliphatic heterocycles. The van der Waals surface area contributed by atoms with Gasteiger partial charge in [-0.25, -0.2) is 0 Å². The number of amides is 1. The molecular weight excluding hydrogens is 306 g/mol. The van der Waals surface area contributed by atoms with Gasteiger partial charge in [0.25, 0.3) is 5.91 Å². The van der Waals surface area contributed by atoms with Crippen LogP contribution in [0.1, 0.15) is 22.5 Å². The zero-order valence-corrected chi connectivity index (χ0v) is 14.5. The molecule has 3 rings (SSSR count). The van der Waals surface area contributed by atoms with Gasteiger partial charge in [-0.15, -0.1) is 0 Å². The number of phenolic OH excluding ortho intramolecular Hbond substituents is 1. The molecule has 24 heavy (non-hydrogen) atoms. The molecule has 1 aromatic carbocycles. The van der Waals surface area contributed by atoms with E-state index in [0.717, 1.165) is 23.1 Å². The summed E-state index contributed by atoms with van der Waals surface area (Å²) in [5, 5.41) is 19.9. The number of aromatic nitrogens is 1. The third kappa shape index (κ3) is 2.76. The maximum Gasteiger partial charge on any atom is 0.256 e. The molecule has 6 nitrogen and oxygen atoms in total. The molecular formula is C18H25N3O3. The molecule has 0 radical (unpaired) electrons. The lowest BCUT2D eigenvalue weighted by Gasteiger charge is -2.39. The summed E-state index contributed by atoms with van der Waals surface area (Å²) in [5.74, 6) is 0.165.